The van der Waals surface area contributed by atoms with Crippen molar-refractivity contribution < 1.29 is 14.2 Å². The summed E-state index contributed by atoms with van der Waals surface area (Å²) >= 11 is 0. The van der Waals surface area contributed by atoms with E-state index in [0.717, 1.165) is 30.4 Å². The number of nitrogens with zero attached hydrogens (tertiary/aromatic N) is 6. The van der Waals surface area contributed by atoms with Gasteiger partial charge in [-0.1, -0.05) is 6.07 Å². The molecular formula is C28H35N7O4. The number of tetrazole rings is 1. The molecular weight excluding hydrogens is 498 g/mol. The lowest BCUT2D eigenvalue weighted by molar-refractivity contribution is 0.0564. The van der Waals surface area contributed by atoms with Crippen molar-refractivity contribution in [3.63, 3.8) is 0 Å². The molecule has 1 aromatic carbocycles. The number of benzene rings is 1. The monoisotopic (exact) mass is 533 g/mol. The molecule has 2 atom stereocenters. The lowest BCUT2D eigenvalue weighted by atomic mass is 10.00. The highest BCUT2D eigenvalue weighted by atomic mass is 16.5. The fraction of sp³-hybridized carbons (Fsp3) is 0.464. The first kappa shape index (κ1) is 26.8. The van der Waals surface area contributed by atoms with E-state index in [1.807, 2.05) is 51.2 Å². The SMILES string of the molecule is COc1cc2cc([C@H](c3nnnn3C(C)(C)C)N(Cc3cccnc3)C[C@H]3CCCO3)c(=O)[nH]c2cc1OC. The molecule has 1 saturated heterocycles. The number of aromatic nitrogens is 6. The molecule has 11 heteroatoms. The summed E-state index contributed by atoms with van der Waals surface area (Å²) in [7, 11) is 3.16. The fourth-order valence-corrected chi connectivity index (χ4v) is 5.13. The van der Waals surface area contributed by atoms with Crippen LogP contribution in [0.5, 0.6) is 11.5 Å². The van der Waals surface area contributed by atoms with Gasteiger partial charge in [-0.15, -0.1) is 5.10 Å². The Morgan fingerprint density at radius 2 is 2.00 bits per heavy atom. The molecule has 0 bridgehead atoms. The Hall–Kier alpha value is -3.83. The van der Waals surface area contributed by atoms with Crippen LogP contribution in [0.1, 0.15) is 56.6 Å². The summed E-state index contributed by atoms with van der Waals surface area (Å²) < 4.78 is 18.8. The van der Waals surface area contributed by atoms with E-state index in [0.29, 0.717) is 41.5 Å². The van der Waals surface area contributed by atoms with Gasteiger partial charge in [0.1, 0.15) is 6.04 Å². The second-order valence-electron chi connectivity index (χ2n) is 10.8. The number of rotatable bonds is 9. The van der Waals surface area contributed by atoms with Crippen LogP contribution in [0, 0.1) is 0 Å². The smallest absolute Gasteiger partial charge is 0.253 e. The number of hydrogen-bond acceptors (Lipinski definition) is 9. The van der Waals surface area contributed by atoms with Gasteiger partial charge in [0.2, 0.25) is 0 Å². The lowest BCUT2D eigenvalue weighted by Crippen LogP contribution is -2.40. The number of fused-ring (bicyclic) bond motifs is 1. The van der Waals surface area contributed by atoms with Crippen LogP contribution in [0.2, 0.25) is 0 Å². The van der Waals surface area contributed by atoms with Crippen molar-refractivity contribution in [2.45, 2.75) is 57.8 Å². The van der Waals surface area contributed by atoms with Gasteiger partial charge in [0, 0.05) is 49.1 Å². The Labute approximate surface area is 227 Å². The molecule has 4 heterocycles. The first-order valence-electron chi connectivity index (χ1n) is 13.1. The Morgan fingerprint density at radius 1 is 1.21 bits per heavy atom. The molecule has 11 nitrogen and oxygen atoms in total. The largest absolute Gasteiger partial charge is 0.493 e. The van der Waals surface area contributed by atoms with Gasteiger partial charge in [0.05, 0.1) is 31.4 Å². The zero-order chi connectivity index (χ0) is 27.6. The summed E-state index contributed by atoms with van der Waals surface area (Å²) in [4.78, 5) is 23.4. The van der Waals surface area contributed by atoms with Crippen molar-refractivity contribution in [2.75, 3.05) is 27.4 Å². The van der Waals surface area contributed by atoms with Crippen LogP contribution in [0.4, 0.5) is 0 Å². The van der Waals surface area contributed by atoms with E-state index in [4.69, 9.17) is 14.2 Å². The number of methoxy groups -OCH3 is 2. The zero-order valence-electron chi connectivity index (χ0n) is 23.0. The van der Waals surface area contributed by atoms with Gasteiger partial charge < -0.3 is 19.2 Å². The van der Waals surface area contributed by atoms with E-state index in [1.54, 1.807) is 31.2 Å². The third kappa shape index (κ3) is 5.64. The Morgan fingerprint density at radius 3 is 2.67 bits per heavy atom. The molecule has 0 unspecified atom stereocenters. The van der Waals surface area contributed by atoms with Crippen LogP contribution in [0.15, 0.2) is 47.5 Å². The second kappa shape index (κ2) is 11.1. The van der Waals surface area contributed by atoms with Crippen LogP contribution in [0.25, 0.3) is 10.9 Å². The van der Waals surface area contributed by atoms with Crippen LogP contribution < -0.4 is 15.0 Å². The average Bonchev–Trinajstić information content (AvgIpc) is 3.61. The molecule has 4 aromatic rings. The standard InChI is InChI=1S/C28H35N7O4/c1-28(2,3)35-26(31-32-33-35)25(34(17-20-9-7-11-39-20)16-18-8-6-10-29-15-18)21-12-19-13-23(37-4)24(38-5)14-22(19)30-27(21)36/h6,8,10,12-15,20,25H,7,9,11,16-17H2,1-5H3,(H,30,36)/t20-,25-/m1/s1. The maximum atomic E-state index is 13.8. The number of nitrogens with one attached hydrogen (secondary N) is 1. The summed E-state index contributed by atoms with van der Waals surface area (Å²) in [5.41, 5.74) is 1.54. The van der Waals surface area contributed by atoms with Gasteiger partial charge in [0.15, 0.2) is 17.3 Å². The minimum Gasteiger partial charge on any atom is -0.493 e. The molecule has 0 amide bonds. The molecule has 1 aliphatic heterocycles. The van der Waals surface area contributed by atoms with E-state index in [-0.39, 0.29) is 11.7 Å². The van der Waals surface area contributed by atoms with Crippen LogP contribution in [-0.2, 0) is 16.8 Å². The maximum Gasteiger partial charge on any atom is 0.253 e. The molecule has 1 N–H and O–H groups in total. The highest BCUT2D eigenvalue weighted by molar-refractivity contribution is 5.83. The Kier molecular flexibility index (Phi) is 7.62. The molecule has 39 heavy (non-hydrogen) atoms. The normalized spacial score (nSPS) is 16.6. The maximum absolute atomic E-state index is 13.8. The van der Waals surface area contributed by atoms with Crippen molar-refractivity contribution in [2.24, 2.45) is 0 Å². The van der Waals surface area contributed by atoms with Gasteiger partial charge in [0.25, 0.3) is 5.56 Å². The summed E-state index contributed by atoms with van der Waals surface area (Å²) in [5.74, 6) is 1.69. The van der Waals surface area contributed by atoms with Gasteiger partial charge in [-0.3, -0.25) is 14.7 Å². The van der Waals surface area contributed by atoms with Crippen LogP contribution in [0.3, 0.4) is 0 Å². The van der Waals surface area contributed by atoms with E-state index in [1.165, 1.54) is 0 Å². The number of H-pyrrole nitrogens is 1. The molecule has 1 fully saturated rings. The molecule has 1 aliphatic rings. The Balaban J connectivity index is 1.71. The Bertz CT molecular complexity index is 1470. The molecule has 5 rings (SSSR count). The average molecular weight is 534 g/mol. The lowest BCUT2D eigenvalue weighted by Gasteiger charge is -2.34. The van der Waals surface area contributed by atoms with Gasteiger partial charge >= 0.3 is 0 Å². The fourth-order valence-electron chi connectivity index (χ4n) is 5.13. The molecule has 0 saturated carbocycles. The third-order valence-electron chi connectivity index (χ3n) is 6.98. The third-order valence-corrected chi connectivity index (χ3v) is 6.98. The van der Waals surface area contributed by atoms with Crippen LogP contribution >= 0.6 is 0 Å². The predicted octanol–water partition coefficient (Wildman–Crippen LogP) is 3.45. The summed E-state index contributed by atoms with van der Waals surface area (Å²) in [6.07, 6.45) is 5.58. The number of aromatic amines is 1. The zero-order valence-corrected chi connectivity index (χ0v) is 23.0. The molecule has 3 aromatic heterocycles. The summed E-state index contributed by atoms with van der Waals surface area (Å²) in [6, 6.07) is 8.91. The first-order valence-corrected chi connectivity index (χ1v) is 13.1. The second-order valence-corrected chi connectivity index (χ2v) is 10.8. The highest BCUT2D eigenvalue weighted by Crippen LogP contribution is 2.35. The minimum atomic E-state index is -0.565. The van der Waals surface area contributed by atoms with Crippen molar-refractivity contribution in [1.82, 2.24) is 35.1 Å². The first-order chi connectivity index (χ1) is 18.8. The predicted molar refractivity (Wildman–Crippen MR) is 146 cm³/mol. The van der Waals surface area contributed by atoms with Crippen LogP contribution in [-0.4, -0.2) is 68.6 Å². The molecule has 0 spiro atoms. The van der Waals surface area contributed by atoms with Crippen molar-refractivity contribution in [3.05, 3.63) is 70.0 Å². The summed E-state index contributed by atoms with van der Waals surface area (Å²) in [6.45, 7) is 7.97. The quantitative estimate of drug-likeness (QED) is 0.345. The van der Waals surface area contributed by atoms with Crippen molar-refractivity contribution in [1.29, 1.82) is 0 Å². The van der Waals surface area contributed by atoms with E-state index in [9.17, 15) is 4.79 Å². The van der Waals surface area contributed by atoms with E-state index >= 15 is 0 Å². The van der Waals surface area contributed by atoms with Gasteiger partial charge in [-0.05, 0) is 67.8 Å². The van der Waals surface area contributed by atoms with Gasteiger partial charge in [-0.25, -0.2) is 4.68 Å². The minimum absolute atomic E-state index is 0.0343. The summed E-state index contributed by atoms with van der Waals surface area (Å²) in [5, 5.41) is 13.7. The molecule has 206 valence electrons. The number of ether oxygens (including phenoxy) is 3. The van der Waals surface area contributed by atoms with E-state index in [2.05, 4.69) is 30.4 Å². The highest BCUT2D eigenvalue weighted by Gasteiger charge is 2.35. The van der Waals surface area contributed by atoms with Crippen molar-refractivity contribution >= 4 is 10.9 Å². The molecule has 0 aliphatic carbocycles. The number of pyridine rings is 2. The van der Waals surface area contributed by atoms with Gasteiger partial charge in [-0.2, -0.15) is 0 Å². The number of hydrogen-bond donors (Lipinski definition) is 1. The van der Waals surface area contributed by atoms with Crippen molar-refractivity contribution in [3.8, 4) is 11.5 Å². The topological polar surface area (TPSA) is 120 Å². The van der Waals surface area contributed by atoms with E-state index < -0.39 is 11.6 Å². The molecule has 0 radical (unpaired) electrons.